The number of aromatic hydroxyl groups is 1. The zero-order chi connectivity index (χ0) is 24.4. The van der Waals surface area contributed by atoms with Crippen molar-refractivity contribution in [1.82, 2.24) is 4.90 Å². The molecule has 174 valence electrons. The smallest absolute Gasteiger partial charge is 0.417 e. The Labute approximate surface area is 195 Å². The minimum Gasteiger partial charge on any atom is -0.508 e. The molecule has 0 atom stereocenters. The van der Waals surface area contributed by atoms with Crippen LogP contribution in [0, 0.1) is 11.3 Å². The number of likely N-dealkylation sites (N-methyl/N-ethyl adjacent to an activating group) is 1. The van der Waals surface area contributed by atoms with E-state index in [0.29, 0.717) is 31.6 Å². The number of amides is 1. The molecule has 1 amide bonds. The van der Waals surface area contributed by atoms with E-state index in [9.17, 15) is 23.1 Å². The van der Waals surface area contributed by atoms with Crippen LogP contribution >= 0.6 is 12.2 Å². The van der Waals surface area contributed by atoms with Crippen LogP contribution in [0.25, 0.3) is 0 Å². The third-order valence-electron chi connectivity index (χ3n) is 6.03. The van der Waals surface area contributed by atoms with Crippen LogP contribution in [0.4, 0.5) is 24.5 Å². The molecule has 2 aromatic rings. The second-order valence-electron chi connectivity index (χ2n) is 8.03. The maximum absolute atomic E-state index is 13.9. The minimum absolute atomic E-state index is 0.0275. The maximum Gasteiger partial charge on any atom is 0.417 e. The maximum atomic E-state index is 13.9. The summed E-state index contributed by atoms with van der Waals surface area (Å²) in [6.07, 6.45) is -3.95. The van der Waals surface area contributed by atoms with Crippen molar-refractivity contribution in [2.24, 2.45) is 0 Å². The Kier molecular flexibility index (Phi) is 6.95. The predicted molar refractivity (Wildman–Crippen MR) is 123 cm³/mol. The number of nitrogens with zero attached hydrogens (tertiary/aromatic N) is 4. The van der Waals surface area contributed by atoms with Crippen LogP contribution < -0.4 is 9.80 Å². The zero-order valence-electron chi connectivity index (χ0n) is 18.1. The van der Waals surface area contributed by atoms with Gasteiger partial charge in [-0.2, -0.15) is 18.4 Å². The van der Waals surface area contributed by atoms with E-state index in [0.717, 1.165) is 12.1 Å². The fraction of sp³-hybridized carbons (Fsp3) is 0.348. The Morgan fingerprint density at radius 1 is 1.18 bits per heavy atom. The molecular formula is C23H23F3N4O2S. The van der Waals surface area contributed by atoms with Gasteiger partial charge >= 0.3 is 6.18 Å². The summed E-state index contributed by atoms with van der Waals surface area (Å²) >= 11 is 5.26. The van der Waals surface area contributed by atoms with Crippen molar-refractivity contribution in [2.45, 2.75) is 24.6 Å². The van der Waals surface area contributed by atoms with Crippen LogP contribution in [-0.2, 0) is 11.0 Å². The number of piperidine rings is 1. The standard InChI is InChI=1S/C23H23F3N4O2S/c1-28-11-9-22(10-12-28,30(15-33)17-5-7-19(31)8-6-17)21(32)29(2)18-4-3-16(14-27)20(13-18)23(24,25)26/h3-8,13,15,31H,9-12H2,1-2H3. The van der Waals surface area contributed by atoms with Crippen molar-refractivity contribution < 1.29 is 23.1 Å². The number of hydrogen-bond donors (Lipinski definition) is 1. The van der Waals surface area contributed by atoms with E-state index in [4.69, 9.17) is 17.5 Å². The van der Waals surface area contributed by atoms with E-state index in [1.807, 2.05) is 7.05 Å². The minimum atomic E-state index is -4.73. The van der Waals surface area contributed by atoms with Gasteiger partial charge in [-0.25, -0.2) is 0 Å². The SMILES string of the molecule is CN1CCC(C(=O)N(C)c2ccc(C#N)c(C(F)(F)F)c2)(N(C=S)c2ccc(O)cc2)CC1. The van der Waals surface area contributed by atoms with Gasteiger partial charge in [0.25, 0.3) is 5.91 Å². The normalized spacial score (nSPS) is 16.0. The molecule has 0 spiro atoms. The summed E-state index contributed by atoms with van der Waals surface area (Å²) in [6.45, 7) is 1.16. The predicted octanol–water partition coefficient (Wildman–Crippen LogP) is 4.17. The van der Waals surface area contributed by atoms with Crippen LogP contribution in [0.3, 0.4) is 0 Å². The number of halogens is 3. The molecule has 1 aliphatic heterocycles. The number of hydrogen-bond acceptors (Lipinski definition) is 5. The van der Waals surface area contributed by atoms with Crippen molar-refractivity contribution in [1.29, 1.82) is 5.26 Å². The summed E-state index contributed by atoms with van der Waals surface area (Å²) in [5.74, 6) is -0.358. The zero-order valence-corrected chi connectivity index (χ0v) is 19.0. The Balaban J connectivity index is 2.07. The number of carbonyl (C=O) groups is 1. The molecule has 0 radical (unpaired) electrons. The van der Waals surface area contributed by atoms with Gasteiger partial charge < -0.3 is 19.8 Å². The van der Waals surface area contributed by atoms with Gasteiger partial charge in [0.2, 0.25) is 0 Å². The molecule has 10 heteroatoms. The van der Waals surface area contributed by atoms with Crippen molar-refractivity contribution in [3.8, 4) is 11.8 Å². The highest BCUT2D eigenvalue weighted by Gasteiger charge is 2.47. The number of anilines is 2. The quantitative estimate of drug-likeness (QED) is 0.653. The molecule has 6 nitrogen and oxygen atoms in total. The number of likely N-dealkylation sites (tertiary alicyclic amines) is 1. The molecule has 0 saturated carbocycles. The Morgan fingerprint density at radius 2 is 1.76 bits per heavy atom. The molecule has 0 aromatic heterocycles. The number of thiocarbonyl (C=S) groups is 1. The van der Waals surface area contributed by atoms with Crippen molar-refractivity contribution in [2.75, 3.05) is 37.0 Å². The first-order valence-corrected chi connectivity index (χ1v) is 10.6. The van der Waals surface area contributed by atoms with Crippen molar-refractivity contribution in [3.05, 3.63) is 53.6 Å². The lowest BCUT2D eigenvalue weighted by molar-refractivity contribution is -0.137. The molecule has 0 unspecified atom stereocenters. The van der Waals surface area contributed by atoms with E-state index < -0.39 is 28.7 Å². The average Bonchev–Trinajstić information content (AvgIpc) is 2.80. The van der Waals surface area contributed by atoms with Crippen LogP contribution in [0.1, 0.15) is 24.0 Å². The third kappa shape index (κ3) is 4.79. The van der Waals surface area contributed by atoms with Gasteiger partial charge in [0.1, 0.15) is 11.3 Å². The summed E-state index contributed by atoms with van der Waals surface area (Å²) in [5.41, 5.74) is -0.754. The molecule has 3 rings (SSSR count). The molecule has 0 aliphatic carbocycles. The van der Waals surface area contributed by atoms with Gasteiger partial charge in [-0.1, -0.05) is 12.2 Å². The van der Waals surface area contributed by atoms with Gasteiger partial charge in [0, 0.05) is 31.5 Å². The number of carbonyl (C=O) groups excluding carboxylic acids is 1. The molecule has 0 bridgehead atoms. The van der Waals surface area contributed by atoms with E-state index >= 15 is 0 Å². The second kappa shape index (κ2) is 9.37. The molecule has 1 N–H and O–H groups in total. The number of alkyl halides is 3. The van der Waals surface area contributed by atoms with Gasteiger partial charge in [-0.15, -0.1) is 0 Å². The Morgan fingerprint density at radius 3 is 2.27 bits per heavy atom. The van der Waals surface area contributed by atoms with E-state index in [-0.39, 0.29) is 11.4 Å². The molecular weight excluding hydrogens is 453 g/mol. The number of nitriles is 1. The Hall–Kier alpha value is -3.16. The summed E-state index contributed by atoms with van der Waals surface area (Å²) < 4.78 is 40.4. The number of rotatable bonds is 5. The van der Waals surface area contributed by atoms with E-state index in [1.54, 1.807) is 23.1 Å². The van der Waals surface area contributed by atoms with Crippen LogP contribution in [0.2, 0.25) is 0 Å². The van der Waals surface area contributed by atoms with Crippen LogP contribution in [0.5, 0.6) is 5.75 Å². The Bertz CT molecular complexity index is 1070. The first kappa shape index (κ1) is 24.5. The fourth-order valence-electron chi connectivity index (χ4n) is 4.07. The lowest BCUT2D eigenvalue weighted by Gasteiger charge is -2.47. The molecule has 1 aliphatic rings. The van der Waals surface area contributed by atoms with Gasteiger partial charge in [-0.05, 0) is 62.4 Å². The lowest BCUT2D eigenvalue weighted by Crippen LogP contribution is -2.63. The largest absolute Gasteiger partial charge is 0.508 e. The van der Waals surface area contributed by atoms with Gasteiger partial charge in [-0.3, -0.25) is 4.79 Å². The average molecular weight is 477 g/mol. The number of phenols is 1. The van der Waals surface area contributed by atoms with E-state index in [2.05, 4.69) is 4.90 Å². The van der Waals surface area contributed by atoms with Crippen LogP contribution in [-0.4, -0.2) is 54.1 Å². The first-order valence-electron chi connectivity index (χ1n) is 10.2. The molecule has 1 saturated heterocycles. The number of benzene rings is 2. The summed E-state index contributed by atoms with van der Waals surface area (Å²) in [5, 5.41) is 18.7. The monoisotopic (exact) mass is 476 g/mol. The van der Waals surface area contributed by atoms with Gasteiger partial charge in [0.15, 0.2) is 0 Å². The highest BCUT2D eigenvalue weighted by molar-refractivity contribution is 7.79. The molecule has 33 heavy (non-hydrogen) atoms. The molecule has 1 fully saturated rings. The highest BCUT2D eigenvalue weighted by Crippen LogP contribution is 2.38. The highest BCUT2D eigenvalue weighted by atomic mass is 32.1. The summed E-state index contributed by atoms with van der Waals surface area (Å²) in [6, 6.07) is 11.0. The topological polar surface area (TPSA) is 70.8 Å². The molecule has 1 heterocycles. The second-order valence-corrected chi connectivity index (χ2v) is 8.24. The first-order chi connectivity index (χ1) is 15.5. The molecule has 2 aromatic carbocycles. The van der Waals surface area contributed by atoms with E-state index in [1.165, 1.54) is 35.6 Å². The van der Waals surface area contributed by atoms with Crippen molar-refractivity contribution >= 4 is 35.0 Å². The number of phenolic OH excluding ortho intramolecular Hbond substituents is 1. The fourth-order valence-corrected chi connectivity index (χ4v) is 4.39. The third-order valence-corrected chi connectivity index (χ3v) is 6.24. The summed E-state index contributed by atoms with van der Waals surface area (Å²) in [4.78, 5) is 18.8. The van der Waals surface area contributed by atoms with Gasteiger partial charge in [0.05, 0.1) is 22.7 Å². The summed E-state index contributed by atoms with van der Waals surface area (Å²) in [7, 11) is 3.35. The van der Waals surface area contributed by atoms with Crippen LogP contribution in [0.15, 0.2) is 42.5 Å². The van der Waals surface area contributed by atoms with Crippen molar-refractivity contribution in [3.63, 3.8) is 0 Å². The lowest BCUT2D eigenvalue weighted by atomic mass is 9.83.